The average Bonchev–Trinajstić information content (AvgIpc) is 2.99. The van der Waals surface area contributed by atoms with Gasteiger partial charge in [-0.05, 0) is 55.8 Å². The Hall–Kier alpha value is -4.89. The van der Waals surface area contributed by atoms with E-state index in [9.17, 15) is 9.59 Å². The number of para-hydroxylation sites is 1. The van der Waals surface area contributed by atoms with E-state index < -0.39 is 17.6 Å². The van der Waals surface area contributed by atoms with Gasteiger partial charge in [0, 0.05) is 42.2 Å². The molecule has 1 amide bonds. The van der Waals surface area contributed by atoms with Crippen LogP contribution in [-0.2, 0) is 4.79 Å². The fourth-order valence-electron chi connectivity index (χ4n) is 5.22. The number of carbonyl (C=O) groups is 2. The Morgan fingerprint density at radius 3 is 2.34 bits per heavy atom. The second-order valence-corrected chi connectivity index (χ2v) is 10.2. The first-order valence-electron chi connectivity index (χ1n) is 13.1. The van der Waals surface area contributed by atoms with E-state index in [0.717, 1.165) is 16.8 Å². The summed E-state index contributed by atoms with van der Waals surface area (Å²) in [6, 6.07) is 19.1. The van der Waals surface area contributed by atoms with Crippen LogP contribution in [0, 0.1) is 0 Å². The van der Waals surface area contributed by atoms with E-state index in [4.69, 9.17) is 19.9 Å². The summed E-state index contributed by atoms with van der Waals surface area (Å²) in [4.78, 5) is 31.6. The highest BCUT2D eigenvalue weighted by molar-refractivity contribution is 6.09. The molecular formula is C32H32N4O5. The lowest BCUT2D eigenvalue weighted by Crippen LogP contribution is -2.52. The maximum absolute atomic E-state index is 13.4. The number of carbonyl (C=O) groups excluding carboxylic acids is 2. The number of nitrogens with one attached hydrogen (secondary N) is 1. The lowest BCUT2D eigenvalue weighted by molar-refractivity contribution is -0.121. The number of fused-ring (bicyclic) bond motifs is 1. The molecule has 9 nitrogen and oxygen atoms in total. The van der Waals surface area contributed by atoms with Crippen LogP contribution in [0.4, 0.5) is 11.4 Å². The molecule has 0 saturated heterocycles. The predicted molar refractivity (Wildman–Crippen MR) is 158 cm³/mol. The first kappa shape index (κ1) is 27.7. The number of amides is 1. The van der Waals surface area contributed by atoms with Gasteiger partial charge in [-0.3, -0.25) is 9.78 Å². The van der Waals surface area contributed by atoms with Gasteiger partial charge in [0.05, 0.1) is 37.2 Å². The molecular weight excluding hydrogens is 520 g/mol. The van der Waals surface area contributed by atoms with Gasteiger partial charge >= 0.3 is 5.97 Å². The SMILES string of the molecule is COc1cc(OC(=O)c2ccncc2)ccc1-c1ccc2c(c1C(N)c1ccccc1OC)N(C)C(=O)C(C)(C)N2. The number of nitrogens with two attached hydrogens (primary N) is 1. The van der Waals surface area contributed by atoms with Crippen LogP contribution in [0.25, 0.3) is 11.1 Å². The molecule has 3 N–H and O–H groups in total. The molecule has 1 aliphatic rings. The zero-order chi connectivity index (χ0) is 29.3. The Morgan fingerprint density at radius 2 is 1.63 bits per heavy atom. The molecule has 0 saturated carbocycles. The summed E-state index contributed by atoms with van der Waals surface area (Å²) in [6.07, 6.45) is 3.06. The van der Waals surface area contributed by atoms with Crippen LogP contribution in [0.1, 0.15) is 41.4 Å². The van der Waals surface area contributed by atoms with Crippen LogP contribution >= 0.6 is 0 Å². The predicted octanol–water partition coefficient (Wildman–Crippen LogP) is 5.20. The number of nitrogens with zero attached hydrogens (tertiary/aromatic N) is 2. The summed E-state index contributed by atoms with van der Waals surface area (Å²) in [6.45, 7) is 3.69. The van der Waals surface area contributed by atoms with Crippen molar-refractivity contribution >= 4 is 23.3 Å². The molecule has 41 heavy (non-hydrogen) atoms. The summed E-state index contributed by atoms with van der Waals surface area (Å²) >= 11 is 0. The van der Waals surface area contributed by atoms with Crippen molar-refractivity contribution < 1.29 is 23.8 Å². The number of benzene rings is 3. The van der Waals surface area contributed by atoms with E-state index in [1.165, 1.54) is 12.4 Å². The quantitative estimate of drug-likeness (QED) is 0.237. The van der Waals surface area contributed by atoms with Crippen molar-refractivity contribution in [3.8, 4) is 28.4 Å². The minimum absolute atomic E-state index is 0.0963. The molecule has 1 unspecified atom stereocenters. The molecule has 9 heteroatoms. The lowest BCUT2D eigenvalue weighted by Gasteiger charge is -2.40. The molecule has 1 aliphatic heterocycles. The number of rotatable bonds is 7. The van der Waals surface area contributed by atoms with Gasteiger partial charge in [0.1, 0.15) is 22.8 Å². The fraction of sp³-hybridized carbons (Fsp3) is 0.219. The zero-order valence-electron chi connectivity index (χ0n) is 23.6. The third-order valence-electron chi connectivity index (χ3n) is 7.21. The highest BCUT2D eigenvalue weighted by Gasteiger charge is 2.40. The van der Waals surface area contributed by atoms with Crippen molar-refractivity contribution in [2.24, 2.45) is 5.73 Å². The summed E-state index contributed by atoms with van der Waals surface area (Å²) < 4.78 is 17.0. The molecule has 4 aromatic rings. The molecule has 0 radical (unpaired) electrons. The number of hydrogen-bond donors (Lipinski definition) is 2. The zero-order valence-corrected chi connectivity index (χ0v) is 23.6. The number of likely N-dealkylation sites (N-methyl/N-ethyl adjacent to an activating group) is 1. The van der Waals surface area contributed by atoms with E-state index in [1.54, 1.807) is 50.4 Å². The van der Waals surface area contributed by atoms with E-state index in [-0.39, 0.29) is 5.91 Å². The highest BCUT2D eigenvalue weighted by Crippen LogP contribution is 2.48. The molecule has 210 valence electrons. The molecule has 0 aliphatic carbocycles. The minimum atomic E-state index is -0.799. The van der Waals surface area contributed by atoms with Crippen LogP contribution in [-0.4, -0.2) is 43.7 Å². The standard InChI is InChI=1S/C32H32N4O5/c1-32(2)31(38)36(3)29-24(35-32)13-12-22(27(29)28(33)23-8-6-7-9-25(23)39-4)21-11-10-20(18-26(21)40-5)41-30(37)19-14-16-34-17-15-19/h6-18,28,35H,33H2,1-5H3. The molecule has 0 spiro atoms. The number of pyridine rings is 1. The number of anilines is 2. The molecule has 5 rings (SSSR count). The molecule has 0 bridgehead atoms. The van der Waals surface area contributed by atoms with Crippen molar-refractivity contribution in [1.29, 1.82) is 0 Å². The lowest BCUT2D eigenvalue weighted by atomic mass is 9.86. The van der Waals surface area contributed by atoms with Gasteiger partial charge in [0.2, 0.25) is 0 Å². The molecule has 1 atom stereocenters. The Bertz CT molecular complexity index is 1620. The van der Waals surface area contributed by atoms with Gasteiger partial charge in [0.25, 0.3) is 5.91 Å². The molecule has 3 aromatic carbocycles. The van der Waals surface area contributed by atoms with Crippen LogP contribution in [0.2, 0.25) is 0 Å². The van der Waals surface area contributed by atoms with Crippen molar-refractivity contribution in [2.45, 2.75) is 25.4 Å². The first-order chi connectivity index (χ1) is 19.7. The number of aromatic nitrogens is 1. The first-order valence-corrected chi connectivity index (χ1v) is 13.1. The molecule has 1 aromatic heterocycles. The van der Waals surface area contributed by atoms with Crippen molar-refractivity contribution in [2.75, 3.05) is 31.5 Å². The summed E-state index contributed by atoms with van der Waals surface area (Å²) in [5, 5.41) is 3.37. The van der Waals surface area contributed by atoms with Gasteiger partial charge < -0.3 is 30.2 Å². The number of ether oxygens (including phenoxy) is 3. The number of esters is 1. The van der Waals surface area contributed by atoms with E-state index >= 15 is 0 Å². The van der Waals surface area contributed by atoms with E-state index in [1.807, 2.05) is 56.3 Å². The van der Waals surface area contributed by atoms with Crippen molar-refractivity contribution in [3.05, 3.63) is 95.8 Å². The minimum Gasteiger partial charge on any atom is -0.496 e. The molecule has 2 heterocycles. The highest BCUT2D eigenvalue weighted by atomic mass is 16.5. The Labute approximate surface area is 238 Å². The number of hydrogen-bond acceptors (Lipinski definition) is 8. The monoisotopic (exact) mass is 552 g/mol. The maximum atomic E-state index is 13.4. The summed E-state index contributed by atoms with van der Waals surface area (Å²) in [7, 11) is 4.90. The van der Waals surface area contributed by atoms with Gasteiger partial charge in [-0.15, -0.1) is 0 Å². The topological polar surface area (TPSA) is 116 Å². The molecule has 0 fully saturated rings. The van der Waals surface area contributed by atoms with Gasteiger partial charge in [-0.25, -0.2) is 4.79 Å². The van der Waals surface area contributed by atoms with E-state index in [2.05, 4.69) is 10.3 Å². The van der Waals surface area contributed by atoms with Crippen molar-refractivity contribution in [3.63, 3.8) is 0 Å². The Morgan fingerprint density at radius 1 is 0.951 bits per heavy atom. The van der Waals surface area contributed by atoms with Crippen LogP contribution in [0.15, 0.2) is 79.1 Å². The van der Waals surface area contributed by atoms with E-state index in [0.29, 0.717) is 39.6 Å². The third-order valence-corrected chi connectivity index (χ3v) is 7.21. The third kappa shape index (κ3) is 5.07. The van der Waals surface area contributed by atoms with Crippen LogP contribution < -0.4 is 30.2 Å². The smallest absolute Gasteiger partial charge is 0.343 e. The summed E-state index contributed by atoms with van der Waals surface area (Å²) in [5.74, 6) is 0.810. The Balaban J connectivity index is 1.67. The van der Waals surface area contributed by atoms with Crippen LogP contribution in [0.3, 0.4) is 0 Å². The second kappa shape index (κ2) is 10.9. The second-order valence-electron chi connectivity index (χ2n) is 10.2. The fourth-order valence-corrected chi connectivity index (χ4v) is 5.22. The average molecular weight is 553 g/mol. The maximum Gasteiger partial charge on any atom is 0.343 e. The number of methoxy groups -OCH3 is 2. The normalized spacial score (nSPS) is 14.5. The van der Waals surface area contributed by atoms with Gasteiger partial charge in [-0.2, -0.15) is 0 Å². The van der Waals surface area contributed by atoms with Gasteiger partial charge in [0.15, 0.2) is 0 Å². The van der Waals surface area contributed by atoms with Crippen molar-refractivity contribution in [1.82, 2.24) is 4.98 Å². The Kier molecular flexibility index (Phi) is 7.38. The van der Waals surface area contributed by atoms with Gasteiger partial charge in [-0.1, -0.05) is 24.3 Å². The largest absolute Gasteiger partial charge is 0.496 e. The van der Waals surface area contributed by atoms with Crippen LogP contribution in [0.5, 0.6) is 17.2 Å². The summed E-state index contributed by atoms with van der Waals surface area (Å²) in [5.41, 5.74) is 11.0.